The summed E-state index contributed by atoms with van der Waals surface area (Å²) < 4.78 is 38.9. The molecule has 0 bridgehead atoms. The molecule has 17 heavy (non-hydrogen) atoms. The Morgan fingerprint density at radius 3 is 2.35 bits per heavy atom. The van der Waals surface area contributed by atoms with Crippen LogP contribution in [0.4, 0.5) is 13.2 Å². The number of alkyl halides is 3. The summed E-state index contributed by atoms with van der Waals surface area (Å²) >= 11 is 0. The number of hydrogen-bond acceptors (Lipinski definition) is 1. The Kier molecular flexibility index (Phi) is 3.17. The van der Waals surface area contributed by atoms with E-state index >= 15 is 0 Å². The predicted octanol–water partition coefficient (Wildman–Crippen LogP) is 3.63. The predicted molar refractivity (Wildman–Crippen MR) is 58.4 cm³/mol. The van der Waals surface area contributed by atoms with Gasteiger partial charge in [-0.05, 0) is 18.4 Å². The Bertz CT molecular complexity index is 374. The molecule has 1 saturated carbocycles. The smallest absolute Gasteiger partial charge is 0.385 e. The van der Waals surface area contributed by atoms with Crippen LogP contribution in [0.15, 0.2) is 30.3 Å². The van der Waals surface area contributed by atoms with Crippen molar-refractivity contribution in [3.05, 3.63) is 35.9 Å². The molecule has 1 N–H and O–H groups in total. The lowest BCUT2D eigenvalue weighted by Gasteiger charge is -2.41. The molecule has 2 rings (SSSR count). The fourth-order valence-electron chi connectivity index (χ4n) is 2.66. The minimum Gasteiger partial charge on any atom is -0.385 e. The highest BCUT2D eigenvalue weighted by Gasteiger charge is 2.54. The Morgan fingerprint density at radius 1 is 1.12 bits per heavy atom. The van der Waals surface area contributed by atoms with Gasteiger partial charge >= 0.3 is 6.18 Å². The second-order valence-electron chi connectivity index (χ2n) is 4.63. The Labute approximate surface area is 98.3 Å². The van der Waals surface area contributed by atoms with Crippen molar-refractivity contribution < 1.29 is 18.3 Å². The summed E-state index contributed by atoms with van der Waals surface area (Å²) in [5, 5.41) is 10.4. The van der Waals surface area contributed by atoms with Crippen molar-refractivity contribution in [2.45, 2.75) is 37.5 Å². The van der Waals surface area contributed by atoms with E-state index in [1.54, 1.807) is 30.3 Å². The molecule has 0 spiro atoms. The third kappa shape index (κ3) is 2.32. The lowest BCUT2D eigenvalue weighted by molar-refractivity contribution is -0.241. The minimum absolute atomic E-state index is 0.00882. The van der Waals surface area contributed by atoms with Crippen molar-refractivity contribution in [2.24, 2.45) is 5.92 Å². The van der Waals surface area contributed by atoms with Crippen LogP contribution in [-0.4, -0.2) is 11.3 Å². The lowest BCUT2D eigenvalue weighted by Crippen LogP contribution is -2.45. The van der Waals surface area contributed by atoms with Gasteiger partial charge in [0.25, 0.3) is 0 Å². The molecular weight excluding hydrogens is 229 g/mol. The number of halogens is 3. The third-order valence-electron chi connectivity index (χ3n) is 3.55. The van der Waals surface area contributed by atoms with Crippen molar-refractivity contribution in [3.8, 4) is 0 Å². The first-order valence-electron chi connectivity index (χ1n) is 5.79. The van der Waals surface area contributed by atoms with Gasteiger partial charge in [-0.3, -0.25) is 0 Å². The summed E-state index contributed by atoms with van der Waals surface area (Å²) in [5.41, 5.74) is -1.38. The van der Waals surface area contributed by atoms with E-state index in [4.69, 9.17) is 0 Å². The van der Waals surface area contributed by atoms with Gasteiger partial charge in [0.1, 0.15) is 5.60 Å². The molecule has 1 nitrogen and oxygen atoms in total. The Hall–Kier alpha value is -1.03. The maximum atomic E-state index is 13.0. The zero-order chi connectivity index (χ0) is 12.5. The Balaban J connectivity index is 2.38. The van der Waals surface area contributed by atoms with Gasteiger partial charge in [0, 0.05) is 0 Å². The maximum absolute atomic E-state index is 13.0. The van der Waals surface area contributed by atoms with Crippen LogP contribution in [0.3, 0.4) is 0 Å². The number of rotatable bonds is 1. The minimum atomic E-state index is -4.34. The van der Waals surface area contributed by atoms with Crippen LogP contribution >= 0.6 is 0 Å². The molecule has 1 aromatic rings. The highest BCUT2D eigenvalue weighted by atomic mass is 19.4. The second-order valence-corrected chi connectivity index (χ2v) is 4.63. The van der Waals surface area contributed by atoms with Crippen molar-refractivity contribution in [1.82, 2.24) is 0 Å². The molecule has 94 valence electrons. The van der Waals surface area contributed by atoms with Crippen LogP contribution in [0.2, 0.25) is 0 Å². The average molecular weight is 244 g/mol. The second kappa shape index (κ2) is 4.33. The third-order valence-corrected chi connectivity index (χ3v) is 3.55. The number of benzene rings is 1. The van der Waals surface area contributed by atoms with Crippen LogP contribution in [0.1, 0.15) is 31.2 Å². The average Bonchev–Trinajstić information content (AvgIpc) is 2.29. The van der Waals surface area contributed by atoms with Crippen LogP contribution in [0.25, 0.3) is 0 Å². The summed E-state index contributed by atoms with van der Waals surface area (Å²) in [5.74, 6) is -1.65. The molecule has 0 aliphatic heterocycles. The van der Waals surface area contributed by atoms with Crippen LogP contribution in [0, 0.1) is 5.92 Å². The maximum Gasteiger partial charge on any atom is 0.394 e. The van der Waals surface area contributed by atoms with E-state index in [2.05, 4.69) is 0 Å². The Morgan fingerprint density at radius 2 is 1.76 bits per heavy atom. The molecule has 1 aliphatic rings. The molecule has 1 aliphatic carbocycles. The van der Waals surface area contributed by atoms with Gasteiger partial charge in [-0.25, -0.2) is 0 Å². The zero-order valence-corrected chi connectivity index (χ0v) is 9.37. The fourth-order valence-corrected chi connectivity index (χ4v) is 2.66. The van der Waals surface area contributed by atoms with Gasteiger partial charge in [0.2, 0.25) is 0 Å². The highest BCUT2D eigenvalue weighted by Crippen LogP contribution is 2.49. The molecule has 0 saturated heterocycles. The van der Waals surface area contributed by atoms with Crippen molar-refractivity contribution in [3.63, 3.8) is 0 Å². The largest absolute Gasteiger partial charge is 0.394 e. The van der Waals surface area contributed by atoms with Gasteiger partial charge in [0.15, 0.2) is 0 Å². The monoisotopic (exact) mass is 244 g/mol. The first-order valence-corrected chi connectivity index (χ1v) is 5.79. The van der Waals surface area contributed by atoms with E-state index < -0.39 is 17.7 Å². The fraction of sp³-hybridized carbons (Fsp3) is 0.538. The highest BCUT2D eigenvalue weighted by molar-refractivity contribution is 5.24. The quantitative estimate of drug-likeness (QED) is 0.799. The van der Waals surface area contributed by atoms with Crippen molar-refractivity contribution >= 4 is 0 Å². The molecule has 0 aromatic heterocycles. The molecule has 1 fully saturated rings. The summed E-state index contributed by atoms with van der Waals surface area (Å²) in [6.07, 6.45) is -2.99. The molecule has 2 atom stereocenters. The van der Waals surface area contributed by atoms with E-state index in [1.807, 2.05) is 0 Å². The molecule has 2 unspecified atom stereocenters. The first-order chi connectivity index (χ1) is 7.94. The number of hydrogen-bond donors (Lipinski definition) is 1. The van der Waals surface area contributed by atoms with Crippen LogP contribution in [-0.2, 0) is 5.60 Å². The van der Waals surface area contributed by atoms with Crippen molar-refractivity contribution in [2.75, 3.05) is 0 Å². The summed E-state index contributed by atoms with van der Waals surface area (Å²) in [4.78, 5) is 0. The molecule has 4 heteroatoms. The molecule has 0 radical (unpaired) electrons. The molecular formula is C13H15F3O. The topological polar surface area (TPSA) is 20.2 Å². The summed E-state index contributed by atoms with van der Waals surface area (Å²) in [7, 11) is 0. The van der Waals surface area contributed by atoms with Gasteiger partial charge in [-0.15, -0.1) is 0 Å². The zero-order valence-electron chi connectivity index (χ0n) is 9.37. The molecule has 1 aromatic carbocycles. The van der Waals surface area contributed by atoms with Gasteiger partial charge in [-0.1, -0.05) is 43.2 Å². The van der Waals surface area contributed by atoms with Gasteiger partial charge < -0.3 is 5.11 Å². The first kappa shape index (κ1) is 12.4. The van der Waals surface area contributed by atoms with E-state index in [-0.39, 0.29) is 12.8 Å². The summed E-state index contributed by atoms with van der Waals surface area (Å²) in [6.45, 7) is 0. The van der Waals surface area contributed by atoms with Gasteiger partial charge in [-0.2, -0.15) is 13.2 Å². The van der Waals surface area contributed by atoms with Crippen LogP contribution < -0.4 is 0 Å². The van der Waals surface area contributed by atoms with Crippen molar-refractivity contribution in [1.29, 1.82) is 0 Å². The van der Waals surface area contributed by atoms with Crippen LogP contribution in [0.5, 0.6) is 0 Å². The lowest BCUT2D eigenvalue weighted by atomic mass is 9.71. The number of aliphatic hydroxyl groups is 1. The van der Waals surface area contributed by atoms with E-state index in [9.17, 15) is 18.3 Å². The molecule has 0 amide bonds. The van der Waals surface area contributed by atoms with Gasteiger partial charge in [0.05, 0.1) is 5.92 Å². The SMILES string of the molecule is OC1(c2ccccc2)CCCCC1C(F)(F)F. The van der Waals surface area contributed by atoms with E-state index in [1.165, 1.54) is 0 Å². The van der Waals surface area contributed by atoms with E-state index in [0.29, 0.717) is 18.4 Å². The normalized spacial score (nSPS) is 30.2. The standard InChI is InChI=1S/C13H15F3O/c14-13(15,16)11-8-4-5-9-12(11,17)10-6-2-1-3-7-10/h1-3,6-7,11,17H,4-5,8-9H2. The molecule has 0 heterocycles. The summed E-state index contributed by atoms with van der Waals surface area (Å²) in [6, 6.07) is 8.21. The van der Waals surface area contributed by atoms with E-state index in [0.717, 1.165) is 0 Å².